The number of nitrogens with zero attached hydrogens (tertiary/aromatic N) is 2. The first-order valence-electron chi connectivity index (χ1n) is 5.12. The van der Waals surface area contributed by atoms with E-state index in [1.54, 1.807) is 7.11 Å². The van der Waals surface area contributed by atoms with Crippen molar-refractivity contribution in [2.75, 3.05) is 13.7 Å². The molecule has 2 atom stereocenters. The second kappa shape index (κ2) is 3.57. The van der Waals surface area contributed by atoms with Gasteiger partial charge in [0.05, 0.1) is 6.61 Å². The fourth-order valence-corrected chi connectivity index (χ4v) is 1.70. The highest BCUT2D eigenvalue weighted by molar-refractivity contribution is 5.14. The third kappa shape index (κ3) is 2.03. The Morgan fingerprint density at radius 2 is 2.33 bits per heavy atom. The van der Waals surface area contributed by atoms with Crippen LogP contribution in [0.2, 0.25) is 0 Å². The molecule has 0 spiro atoms. The number of rotatable bonds is 4. The zero-order chi connectivity index (χ0) is 11.1. The standard InChI is InChI=1S/C10H17N3O2/c1-10(2)4-6(10)8-12-9(15-13-8)7(11)5-14-3/h6-7H,4-5,11H2,1-3H3. The van der Waals surface area contributed by atoms with Gasteiger partial charge < -0.3 is 15.0 Å². The molecular formula is C10H17N3O2. The highest BCUT2D eigenvalue weighted by atomic mass is 16.5. The van der Waals surface area contributed by atoms with Gasteiger partial charge in [-0.3, -0.25) is 0 Å². The van der Waals surface area contributed by atoms with Crippen LogP contribution in [0.1, 0.15) is 43.9 Å². The summed E-state index contributed by atoms with van der Waals surface area (Å²) in [4.78, 5) is 4.30. The minimum absolute atomic E-state index is 0.312. The van der Waals surface area contributed by atoms with Crippen LogP contribution in [-0.4, -0.2) is 23.9 Å². The number of hydrogen-bond acceptors (Lipinski definition) is 5. The fraction of sp³-hybridized carbons (Fsp3) is 0.800. The van der Waals surface area contributed by atoms with Gasteiger partial charge in [-0.25, -0.2) is 0 Å². The summed E-state index contributed by atoms with van der Waals surface area (Å²) in [6.07, 6.45) is 1.12. The van der Waals surface area contributed by atoms with E-state index in [-0.39, 0.29) is 6.04 Å². The van der Waals surface area contributed by atoms with E-state index in [2.05, 4.69) is 24.0 Å². The minimum Gasteiger partial charge on any atom is -0.383 e. The fourth-order valence-electron chi connectivity index (χ4n) is 1.70. The van der Waals surface area contributed by atoms with E-state index in [4.69, 9.17) is 15.0 Å². The van der Waals surface area contributed by atoms with Gasteiger partial charge in [-0.05, 0) is 11.8 Å². The topological polar surface area (TPSA) is 74.2 Å². The Bertz CT molecular complexity index is 348. The van der Waals surface area contributed by atoms with E-state index < -0.39 is 0 Å². The van der Waals surface area contributed by atoms with Crippen LogP contribution in [0.25, 0.3) is 0 Å². The van der Waals surface area contributed by atoms with Crippen molar-refractivity contribution in [2.24, 2.45) is 11.1 Å². The second-order valence-electron chi connectivity index (χ2n) is 4.80. The minimum atomic E-state index is -0.321. The molecule has 1 aromatic heterocycles. The smallest absolute Gasteiger partial charge is 0.245 e. The van der Waals surface area contributed by atoms with Crippen molar-refractivity contribution in [2.45, 2.75) is 32.2 Å². The molecule has 1 aliphatic rings. The molecule has 1 aliphatic carbocycles. The lowest BCUT2D eigenvalue weighted by molar-refractivity contribution is 0.166. The van der Waals surface area contributed by atoms with E-state index in [0.717, 1.165) is 12.2 Å². The summed E-state index contributed by atoms with van der Waals surface area (Å²) in [5.41, 5.74) is 6.10. The lowest BCUT2D eigenvalue weighted by atomic mass is 10.1. The SMILES string of the molecule is COCC(N)c1nc(C2CC2(C)C)no1. The van der Waals surface area contributed by atoms with Gasteiger partial charge in [0.15, 0.2) is 5.82 Å². The van der Waals surface area contributed by atoms with Crippen molar-refractivity contribution in [1.82, 2.24) is 10.1 Å². The zero-order valence-electron chi connectivity index (χ0n) is 9.36. The van der Waals surface area contributed by atoms with Gasteiger partial charge in [-0.2, -0.15) is 4.98 Å². The summed E-state index contributed by atoms with van der Waals surface area (Å²) in [6.45, 7) is 4.79. The van der Waals surface area contributed by atoms with E-state index in [1.165, 1.54) is 0 Å². The molecule has 0 saturated heterocycles. The molecule has 1 aromatic rings. The summed E-state index contributed by atoms with van der Waals surface area (Å²) in [5, 5.41) is 3.96. The Kier molecular flexibility index (Phi) is 2.52. The molecule has 0 aromatic carbocycles. The van der Waals surface area contributed by atoms with Crippen molar-refractivity contribution >= 4 is 0 Å². The molecule has 84 valence electrons. The molecule has 5 nitrogen and oxygen atoms in total. The summed E-state index contributed by atoms with van der Waals surface area (Å²) in [7, 11) is 1.60. The monoisotopic (exact) mass is 211 g/mol. The average molecular weight is 211 g/mol. The summed E-state index contributed by atoms with van der Waals surface area (Å²) < 4.78 is 10.0. The molecule has 2 unspecified atom stereocenters. The van der Waals surface area contributed by atoms with Gasteiger partial charge in [0.25, 0.3) is 0 Å². The molecule has 15 heavy (non-hydrogen) atoms. The average Bonchev–Trinajstić information content (AvgIpc) is 2.66. The van der Waals surface area contributed by atoms with Crippen molar-refractivity contribution in [1.29, 1.82) is 0 Å². The van der Waals surface area contributed by atoms with Crippen molar-refractivity contribution in [3.05, 3.63) is 11.7 Å². The number of methoxy groups -OCH3 is 1. The maximum Gasteiger partial charge on any atom is 0.245 e. The first-order valence-corrected chi connectivity index (χ1v) is 5.12. The summed E-state index contributed by atoms with van der Waals surface area (Å²) in [5.74, 6) is 1.67. The highest BCUT2D eigenvalue weighted by Crippen LogP contribution is 2.57. The van der Waals surface area contributed by atoms with Gasteiger partial charge in [-0.15, -0.1) is 0 Å². The lowest BCUT2D eigenvalue weighted by Crippen LogP contribution is -2.16. The molecule has 5 heteroatoms. The van der Waals surface area contributed by atoms with Gasteiger partial charge in [0, 0.05) is 13.0 Å². The third-order valence-electron chi connectivity index (χ3n) is 2.95. The van der Waals surface area contributed by atoms with Crippen LogP contribution in [0.5, 0.6) is 0 Å². The van der Waals surface area contributed by atoms with Crippen LogP contribution < -0.4 is 5.73 Å². The Labute approximate surface area is 89.0 Å². The molecule has 0 radical (unpaired) electrons. The van der Waals surface area contributed by atoms with Gasteiger partial charge >= 0.3 is 0 Å². The Balaban J connectivity index is 2.05. The van der Waals surface area contributed by atoms with Crippen LogP contribution in [0.4, 0.5) is 0 Å². The van der Waals surface area contributed by atoms with Crippen LogP contribution in [0, 0.1) is 5.41 Å². The molecule has 0 amide bonds. The number of ether oxygens (including phenoxy) is 1. The van der Waals surface area contributed by atoms with E-state index >= 15 is 0 Å². The van der Waals surface area contributed by atoms with E-state index in [0.29, 0.717) is 23.8 Å². The number of aromatic nitrogens is 2. The molecular weight excluding hydrogens is 194 g/mol. The molecule has 2 N–H and O–H groups in total. The summed E-state index contributed by atoms with van der Waals surface area (Å²) >= 11 is 0. The number of hydrogen-bond donors (Lipinski definition) is 1. The van der Waals surface area contributed by atoms with Gasteiger partial charge in [-0.1, -0.05) is 19.0 Å². The third-order valence-corrected chi connectivity index (χ3v) is 2.95. The maximum atomic E-state index is 5.79. The molecule has 0 aliphatic heterocycles. The van der Waals surface area contributed by atoms with Gasteiger partial charge in [0.2, 0.25) is 5.89 Å². The largest absolute Gasteiger partial charge is 0.383 e. The van der Waals surface area contributed by atoms with E-state index in [1.807, 2.05) is 0 Å². The van der Waals surface area contributed by atoms with Gasteiger partial charge in [0.1, 0.15) is 6.04 Å². The van der Waals surface area contributed by atoms with Crippen molar-refractivity contribution < 1.29 is 9.26 Å². The number of nitrogens with two attached hydrogens (primary N) is 1. The predicted molar refractivity (Wildman–Crippen MR) is 54.2 cm³/mol. The highest BCUT2D eigenvalue weighted by Gasteiger charge is 2.49. The molecule has 0 bridgehead atoms. The van der Waals surface area contributed by atoms with E-state index in [9.17, 15) is 0 Å². The lowest BCUT2D eigenvalue weighted by Gasteiger charge is -2.02. The van der Waals surface area contributed by atoms with Crippen molar-refractivity contribution in [3.63, 3.8) is 0 Å². The Morgan fingerprint density at radius 3 is 2.87 bits per heavy atom. The summed E-state index contributed by atoms with van der Waals surface area (Å²) in [6, 6.07) is -0.321. The molecule has 1 saturated carbocycles. The normalized spacial score (nSPS) is 25.2. The van der Waals surface area contributed by atoms with Crippen LogP contribution >= 0.6 is 0 Å². The van der Waals surface area contributed by atoms with Crippen LogP contribution in [0.3, 0.4) is 0 Å². The quantitative estimate of drug-likeness (QED) is 0.810. The first-order chi connectivity index (χ1) is 7.04. The zero-order valence-corrected chi connectivity index (χ0v) is 9.36. The molecule has 1 fully saturated rings. The molecule has 2 rings (SSSR count). The second-order valence-corrected chi connectivity index (χ2v) is 4.80. The Morgan fingerprint density at radius 1 is 1.67 bits per heavy atom. The van der Waals surface area contributed by atoms with Crippen LogP contribution in [-0.2, 0) is 4.74 Å². The first kappa shape index (κ1) is 10.6. The van der Waals surface area contributed by atoms with Crippen LogP contribution in [0.15, 0.2) is 4.52 Å². The maximum absolute atomic E-state index is 5.79. The van der Waals surface area contributed by atoms with Crippen molar-refractivity contribution in [3.8, 4) is 0 Å². The predicted octanol–water partition coefficient (Wildman–Crippen LogP) is 1.23. The molecule has 1 heterocycles. The Hall–Kier alpha value is -0.940.